The highest BCUT2D eigenvalue weighted by molar-refractivity contribution is 6.35. The Labute approximate surface area is 168 Å². The first-order valence-corrected chi connectivity index (χ1v) is 9.68. The number of aryl methyl sites for hydroxylation is 1. The lowest BCUT2D eigenvalue weighted by Crippen LogP contribution is -2.35. The van der Waals surface area contributed by atoms with Crippen LogP contribution in [0.4, 0.5) is 5.69 Å². The third kappa shape index (κ3) is 3.32. The molecule has 1 amide bonds. The first-order chi connectivity index (χ1) is 13.6. The summed E-state index contributed by atoms with van der Waals surface area (Å²) in [7, 11) is 0. The molecule has 142 valence electrons. The van der Waals surface area contributed by atoms with E-state index in [4.69, 9.17) is 21.3 Å². The molecule has 1 aliphatic heterocycles. The van der Waals surface area contributed by atoms with Gasteiger partial charge in [-0.15, -0.1) is 0 Å². The second-order valence-corrected chi connectivity index (χ2v) is 7.37. The predicted octanol–water partition coefficient (Wildman–Crippen LogP) is 4.62. The third-order valence-electron chi connectivity index (χ3n) is 5.25. The summed E-state index contributed by atoms with van der Waals surface area (Å²) in [6, 6.07) is 15.3. The molecule has 3 aromatic rings. The molecular formula is C22H20ClN3O2. The molecule has 0 bridgehead atoms. The molecule has 28 heavy (non-hydrogen) atoms. The van der Waals surface area contributed by atoms with Crippen molar-refractivity contribution in [3.63, 3.8) is 0 Å². The van der Waals surface area contributed by atoms with Gasteiger partial charge in [0.05, 0.1) is 16.7 Å². The number of carbonyl (C=O) groups is 1. The zero-order chi connectivity index (χ0) is 19.7. The number of amides is 1. The number of furan rings is 1. The van der Waals surface area contributed by atoms with Gasteiger partial charge in [0.2, 0.25) is 0 Å². The highest BCUT2D eigenvalue weighted by atomic mass is 35.5. The standard InChI is InChI=1S/C22H20ClN3O2/c1-15-18-4-2-5-19(23)21(18)28-20(15)22(27)26-11-3-10-25(12-13-26)17-8-6-16(14-24)7-9-17/h2,4-9H,3,10-13H2,1H3. The Balaban J connectivity index is 1.53. The number of hydrogen-bond donors (Lipinski definition) is 0. The van der Waals surface area contributed by atoms with Crippen LogP contribution in [0.1, 0.15) is 28.1 Å². The van der Waals surface area contributed by atoms with E-state index in [0.29, 0.717) is 35.0 Å². The minimum atomic E-state index is -0.0913. The summed E-state index contributed by atoms with van der Waals surface area (Å²) in [6.07, 6.45) is 0.867. The van der Waals surface area contributed by atoms with Gasteiger partial charge in [0.25, 0.3) is 5.91 Å². The van der Waals surface area contributed by atoms with Crippen LogP contribution in [0, 0.1) is 18.3 Å². The topological polar surface area (TPSA) is 60.5 Å². The zero-order valence-electron chi connectivity index (χ0n) is 15.6. The molecule has 0 saturated carbocycles. The van der Waals surface area contributed by atoms with Crippen LogP contribution in [-0.4, -0.2) is 37.0 Å². The zero-order valence-corrected chi connectivity index (χ0v) is 16.4. The van der Waals surface area contributed by atoms with E-state index in [1.54, 1.807) is 6.07 Å². The molecule has 1 saturated heterocycles. The number of anilines is 1. The van der Waals surface area contributed by atoms with Gasteiger partial charge in [0, 0.05) is 42.8 Å². The van der Waals surface area contributed by atoms with Gasteiger partial charge in [0.1, 0.15) is 0 Å². The van der Waals surface area contributed by atoms with E-state index < -0.39 is 0 Å². The normalized spacial score (nSPS) is 14.8. The van der Waals surface area contributed by atoms with Gasteiger partial charge in [-0.1, -0.05) is 23.7 Å². The van der Waals surface area contributed by atoms with Crippen molar-refractivity contribution >= 4 is 34.2 Å². The number of carbonyl (C=O) groups excluding carboxylic acids is 1. The molecule has 0 unspecified atom stereocenters. The Morgan fingerprint density at radius 1 is 1.11 bits per heavy atom. The summed E-state index contributed by atoms with van der Waals surface area (Å²) in [4.78, 5) is 17.2. The first kappa shape index (κ1) is 18.4. The van der Waals surface area contributed by atoms with Crippen molar-refractivity contribution in [1.29, 1.82) is 5.26 Å². The Bertz CT molecular complexity index is 1070. The predicted molar refractivity (Wildman–Crippen MR) is 110 cm³/mol. The molecule has 0 N–H and O–H groups in total. The highest BCUT2D eigenvalue weighted by Crippen LogP contribution is 2.31. The van der Waals surface area contributed by atoms with Crippen molar-refractivity contribution < 1.29 is 9.21 Å². The average molecular weight is 394 g/mol. The van der Waals surface area contributed by atoms with E-state index in [0.717, 1.165) is 36.1 Å². The molecule has 0 atom stereocenters. The van der Waals surface area contributed by atoms with E-state index in [2.05, 4.69) is 11.0 Å². The second-order valence-electron chi connectivity index (χ2n) is 6.96. The molecule has 2 aromatic carbocycles. The third-order valence-corrected chi connectivity index (χ3v) is 5.55. The number of halogens is 1. The molecule has 2 heterocycles. The largest absolute Gasteiger partial charge is 0.449 e. The van der Waals surface area contributed by atoms with E-state index in [1.807, 2.05) is 48.2 Å². The Morgan fingerprint density at radius 3 is 2.61 bits per heavy atom. The molecular weight excluding hydrogens is 374 g/mol. The van der Waals surface area contributed by atoms with Gasteiger partial charge < -0.3 is 14.2 Å². The smallest absolute Gasteiger partial charge is 0.289 e. The molecule has 1 aromatic heterocycles. The molecule has 0 radical (unpaired) electrons. The number of benzene rings is 2. The SMILES string of the molecule is Cc1c(C(=O)N2CCCN(c3ccc(C#N)cc3)CC2)oc2c(Cl)cccc12. The van der Waals surface area contributed by atoms with Gasteiger partial charge in [0.15, 0.2) is 11.3 Å². The molecule has 6 heteroatoms. The van der Waals surface area contributed by atoms with Gasteiger partial charge in [-0.05, 0) is 43.7 Å². The van der Waals surface area contributed by atoms with Crippen LogP contribution in [-0.2, 0) is 0 Å². The molecule has 4 rings (SSSR count). The number of fused-ring (bicyclic) bond motifs is 1. The maximum absolute atomic E-state index is 13.1. The van der Waals surface area contributed by atoms with Gasteiger partial charge in [-0.3, -0.25) is 4.79 Å². The summed E-state index contributed by atoms with van der Waals surface area (Å²) in [5.41, 5.74) is 3.11. The highest BCUT2D eigenvalue weighted by Gasteiger charge is 2.26. The summed E-state index contributed by atoms with van der Waals surface area (Å²) in [5, 5.41) is 10.4. The van der Waals surface area contributed by atoms with Crippen LogP contribution in [0.2, 0.25) is 5.02 Å². The summed E-state index contributed by atoms with van der Waals surface area (Å²) in [6.45, 7) is 4.79. The lowest BCUT2D eigenvalue weighted by atomic mass is 10.1. The molecule has 1 fully saturated rings. The van der Waals surface area contributed by atoms with Crippen molar-refractivity contribution in [1.82, 2.24) is 4.90 Å². The summed E-state index contributed by atoms with van der Waals surface area (Å²) < 4.78 is 5.86. The summed E-state index contributed by atoms with van der Waals surface area (Å²) in [5.74, 6) is 0.279. The number of hydrogen-bond acceptors (Lipinski definition) is 4. The minimum absolute atomic E-state index is 0.0913. The minimum Gasteiger partial charge on any atom is -0.449 e. The summed E-state index contributed by atoms with van der Waals surface area (Å²) >= 11 is 6.22. The maximum Gasteiger partial charge on any atom is 0.289 e. The Morgan fingerprint density at radius 2 is 1.89 bits per heavy atom. The van der Waals surface area contributed by atoms with Crippen molar-refractivity contribution in [3.05, 3.63) is 64.4 Å². The van der Waals surface area contributed by atoms with Crippen molar-refractivity contribution in [2.24, 2.45) is 0 Å². The second kappa shape index (κ2) is 7.57. The first-order valence-electron chi connectivity index (χ1n) is 9.30. The van der Waals surface area contributed by atoms with Crippen LogP contribution in [0.3, 0.4) is 0 Å². The number of nitrogens with zero attached hydrogens (tertiary/aromatic N) is 3. The fraction of sp³-hybridized carbons (Fsp3) is 0.273. The Hall–Kier alpha value is -2.97. The average Bonchev–Trinajstić information content (AvgIpc) is 2.90. The molecule has 0 aliphatic carbocycles. The Kier molecular flexibility index (Phi) is 4.97. The van der Waals surface area contributed by atoms with E-state index in [-0.39, 0.29) is 5.91 Å². The van der Waals surface area contributed by atoms with Crippen LogP contribution in [0.5, 0.6) is 0 Å². The van der Waals surface area contributed by atoms with Crippen LogP contribution >= 0.6 is 11.6 Å². The molecule has 1 aliphatic rings. The van der Waals surface area contributed by atoms with Crippen LogP contribution in [0.15, 0.2) is 46.9 Å². The monoisotopic (exact) mass is 393 g/mol. The lowest BCUT2D eigenvalue weighted by Gasteiger charge is -2.23. The van der Waals surface area contributed by atoms with Crippen LogP contribution < -0.4 is 4.90 Å². The van der Waals surface area contributed by atoms with Crippen LogP contribution in [0.25, 0.3) is 11.0 Å². The molecule has 0 spiro atoms. The van der Waals surface area contributed by atoms with Crippen molar-refractivity contribution in [3.8, 4) is 6.07 Å². The number of nitriles is 1. The van der Waals surface area contributed by atoms with Crippen molar-refractivity contribution in [2.45, 2.75) is 13.3 Å². The number of rotatable bonds is 2. The van der Waals surface area contributed by atoms with Gasteiger partial charge in [-0.2, -0.15) is 5.26 Å². The maximum atomic E-state index is 13.1. The van der Waals surface area contributed by atoms with E-state index >= 15 is 0 Å². The number of para-hydroxylation sites is 1. The lowest BCUT2D eigenvalue weighted by molar-refractivity contribution is 0.0736. The quantitative estimate of drug-likeness (QED) is 0.637. The fourth-order valence-corrected chi connectivity index (χ4v) is 3.90. The van der Waals surface area contributed by atoms with Crippen molar-refractivity contribution in [2.75, 3.05) is 31.1 Å². The fourth-order valence-electron chi connectivity index (χ4n) is 3.68. The van der Waals surface area contributed by atoms with Gasteiger partial charge in [-0.25, -0.2) is 0 Å². The molecule has 5 nitrogen and oxygen atoms in total. The van der Waals surface area contributed by atoms with Gasteiger partial charge >= 0.3 is 0 Å². The van der Waals surface area contributed by atoms with E-state index in [9.17, 15) is 4.79 Å². The van der Waals surface area contributed by atoms with E-state index in [1.165, 1.54) is 0 Å².